The van der Waals surface area contributed by atoms with Crippen molar-refractivity contribution < 1.29 is 0 Å². The van der Waals surface area contributed by atoms with Crippen LogP contribution in [0.4, 0.5) is 0 Å². The zero-order valence-electron chi connectivity index (χ0n) is 11.9. The molecule has 0 nitrogen and oxygen atoms in total. The van der Waals surface area contributed by atoms with Crippen molar-refractivity contribution in [2.75, 3.05) is 0 Å². The molecular weight excluding hydrogens is 260 g/mol. The maximum atomic E-state index is 5.15. The minimum atomic E-state index is 0.941. The summed E-state index contributed by atoms with van der Waals surface area (Å²) in [7, 11) is 0. The summed E-state index contributed by atoms with van der Waals surface area (Å²) in [6.45, 7) is 2.17. The molecule has 0 atom stereocenters. The Balaban J connectivity index is 2.37. The number of hydrogen-bond donors (Lipinski definition) is 0. The van der Waals surface area contributed by atoms with Crippen molar-refractivity contribution in [2.45, 2.75) is 26.2 Å². The Morgan fingerprint density at radius 3 is 2.65 bits per heavy atom. The van der Waals surface area contributed by atoms with Gasteiger partial charge in [0, 0.05) is 5.37 Å². The monoisotopic (exact) mass is 280 g/mol. The predicted molar refractivity (Wildman–Crippen MR) is 92.9 cm³/mol. The molecule has 0 aliphatic heterocycles. The first-order valence-electron chi connectivity index (χ1n) is 7.04. The second-order valence-electron chi connectivity index (χ2n) is 4.95. The first-order chi connectivity index (χ1) is 9.81. The molecule has 0 aromatic rings. The summed E-state index contributed by atoms with van der Waals surface area (Å²) in [4.78, 5) is 0. The topological polar surface area (TPSA) is 0 Å². The minimum absolute atomic E-state index is 0.941. The first-order valence-corrected chi connectivity index (χ1v) is 7.51. The molecule has 0 fully saturated rings. The molecule has 0 unspecified atom stereocenters. The van der Waals surface area contributed by atoms with E-state index >= 15 is 0 Å². The van der Waals surface area contributed by atoms with Crippen LogP contribution in [0.15, 0.2) is 83.1 Å². The molecule has 0 spiro atoms. The molecule has 0 aromatic heterocycles. The lowest BCUT2D eigenvalue weighted by molar-refractivity contribution is 1.02. The molecule has 0 amide bonds. The van der Waals surface area contributed by atoms with Gasteiger partial charge in [0.2, 0.25) is 0 Å². The van der Waals surface area contributed by atoms with Gasteiger partial charge < -0.3 is 0 Å². The molecule has 0 saturated heterocycles. The van der Waals surface area contributed by atoms with Crippen molar-refractivity contribution in [1.82, 2.24) is 0 Å². The van der Waals surface area contributed by atoms with Gasteiger partial charge in [-0.2, -0.15) is 0 Å². The van der Waals surface area contributed by atoms with Crippen LogP contribution in [0.5, 0.6) is 0 Å². The number of allylic oxidation sites excluding steroid dienone is 14. The molecular formula is C19H20S. The molecule has 0 saturated carbocycles. The predicted octanol–water partition coefficient (Wildman–Crippen LogP) is 5.58. The van der Waals surface area contributed by atoms with E-state index in [1.54, 1.807) is 5.37 Å². The van der Waals surface area contributed by atoms with Crippen molar-refractivity contribution >= 4 is 17.6 Å². The van der Waals surface area contributed by atoms with Crippen molar-refractivity contribution in [2.24, 2.45) is 0 Å². The summed E-state index contributed by atoms with van der Waals surface area (Å²) in [6, 6.07) is 0. The number of rotatable bonds is 1. The summed E-state index contributed by atoms with van der Waals surface area (Å²) in [5.41, 5.74) is 5.28. The average molecular weight is 280 g/mol. The van der Waals surface area contributed by atoms with Gasteiger partial charge in [-0.3, -0.25) is 0 Å². The summed E-state index contributed by atoms with van der Waals surface area (Å²) >= 11 is 5.15. The highest BCUT2D eigenvalue weighted by atomic mass is 32.1. The summed E-state index contributed by atoms with van der Waals surface area (Å²) in [6.07, 6.45) is 24.4. The standard InChI is InChI=1S/C19H20S/c1-16-10-8-6-4-2-3-5-7-9-11-19(15-20)18-13-12-17(16)14-18/h2-4,6-11,14-15H,5,12-13H2,1H3/b3-2-,6-4-,9-7-,10-8-,17-16-,19-11-. The molecule has 0 radical (unpaired) electrons. The molecule has 0 N–H and O–H groups in total. The third kappa shape index (κ3) is 4.14. The summed E-state index contributed by atoms with van der Waals surface area (Å²) in [5.74, 6) is 0. The van der Waals surface area contributed by atoms with Crippen molar-refractivity contribution in [3.8, 4) is 0 Å². The lowest BCUT2D eigenvalue weighted by Gasteiger charge is -1.99. The van der Waals surface area contributed by atoms with E-state index in [0.717, 1.165) is 19.3 Å². The number of thiocarbonyl (C=S) groups is 1. The Bertz CT molecular complexity index is 575. The summed E-state index contributed by atoms with van der Waals surface area (Å²) < 4.78 is 0. The maximum Gasteiger partial charge on any atom is 0.00888 e. The molecule has 102 valence electrons. The third-order valence-corrected chi connectivity index (χ3v) is 3.77. The Labute approximate surface area is 127 Å². The SMILES string of the molecule is CC1=C2C=C(CC\2)/C(C=S)=C\C=C/C\C=C/C=C\C=C/1. The second kappa shape index (κ2) is 7.76. The van der Waals surface area contributed by atoms with Crippen LogP contribution < -0.4 is 0 Å². The van der Waals surface area contributed by atoms with Crippen LogP contribution in [0.3, 0.4) is 0 Å². The maximum absolute atomic E-state index is 5.15. The fourth-order valence-corrected chi connectivity index (χ4v) is 2.54. The van der Waals surface area contributed by atoms with Crippen molar-refractivity contribution in [1.29, 1.82) is 0 Å². The molecule has 2 aliphatic carbocycles. The van der Waals surface area contributed by atoms with Gasteiger partial charge in [0.15, 0.2) is 0 Å². The minimum Gasteiger partial charge on any atom is -0.0881 e. The smallest absolute Gasteiger partial charge is 0.00888 e. The zero-order chi connectivity index (χ0) is 14.2. The third-order valence-electron chi connectivity index (χ3n) is 3.52. The Morgan fingerprint density at radius 2 is 1.80 bits per heavy atom. The van der Waals surface area contributed by atoms with E-state index < -0.39 is 0 Å². The molecule has 20 heavy (non-hydrogen) atoms. The molecule has 2 rings (SSSR count). The number of fused-ring (bicyclic) bond motifs is 1. The highest BCUT2D eigenvalue weighted by Gasteiger charge is 2.12. The quantitative estimate of drug-likeness (QED) is 0.565. The van der Waals surface area contributed by atoms with E-state index in [0.29, 0.717) is 0 Å². The molecule has 0 aromatic carbocycles. The van der Waals surface area contributed by atoms with Gasteiger partial charge in [0.05, 0.1) is 0 Å². The van der Waals surface area contributed by atoms with Gasteiger partial charge in [0.25, 0.3) is 0 Å². The van der Waals surface area contributed by atoms with Gasteiger partial charge in [-0.05, 0) is 48.5 Å². The Morgan fingerprint density at radius 1 is 1.00 bits per heavy atom. The van der Waals surface area contributed by atoms with Gasteiger partial charge in [-0.15, -0.1) is 0 Å². The highest BCUT2D eigenvalue weighted by molar-refractivity contribution is 7.79. The van der Waals surface area contributed by atoms with Gasteiger partial charge >= 0.3 is 0 Å². The van der Waals surface area contributed by atoms with E-state index in [1.165, 1.54) is 22.3 Å². The van der Waals surface area contributed by atoms with Crippen LogP contribution in [-0.4, -0.2) is 5.37 Å². The largest absolute Gasteiger partial charge is 0.0881 e. The fraction of sp³-hybridized carbons (Fsp3) is 0.211. The van der Waals surface area contributed by atoms with Crippen LogP contribution in [0, 0.1) is 0 Å². The normalized spacial score (nSPS) is 32.0. The highest BCUT2D eigenvalue weighted by Crippen LogP contribution is 2.30. The van der Waals surface area contributed by atoms with Crippen LogP contribution in [0.2, 0.25) is 0 Å². The second-order valence-corrected chi connectivity index (χ2v) is 5.19. The van der Waals surface area contributed by atoms with Gasteiger partial charge in [-0.25, -0.2) is 0 Å². The molecule has 2 aliphatic rings. The summed E-state index contributed by atoms with van der Waals surface area (Å²) in [5, 5.41) is 1.79. The first kappa shape index (κ1) is 14.7. The zero-order valence-corrected chi connectivity index (χ0v) is 12.7. The number of hydrogen-bond acceptors (Lipinski definition) is 1. The van der Waals surface area contributed by atoms with Crippen LogP contribution in [0.25, 0.3) is 0 Å². The Hall–Kier alpha value is -1.73. The van der Waals surface area contributed by atoms with Gasteiger partial charge in [0.1, 0.15) is 0 Å². The van der Waals surface area contributed by atoms with Crippen LogP contribution in [-0.2, 0) is 0 Å². The van der Waals surface area contributed by atoms with E-state index in [4.69, 9.17) is 12.2 Å². The van der Waals surface area contributed by atoms with Crippen LogP contribution >= 0.6 is 12.2 Å². The average Bonchev–Trinajstić information content (AvgIpc) is 2.93. The fourth-order valence-electron chi connectivity index (χ4n) is 2.31. The molecule has 2 bridgehead atoms. The molecule has 1 heteroatoms. The molecule has 0 heterocycles. The Kier molecular flexibility index (Phi) is 5.69. The van der Waals surface area contributed by atoms with Crippen molar-refractivity contribution in [3.63, 3.8) is 0 Å². The lowest BCUT2D eigenvalue weighted by atomic mass is 10.1. The van der Waals surface area contributed by atoms with Crippen LogP contribution in [0.1, 0.15) is 26.2 Å². The lowest BCUT2D eigenvalue weighted by Crippen LogP contribution is -1.85. The van der Waals surface area contributed by atoms with E-state index in [-0.39, 0.29) is 0 Å². The van der Waals surface area contributed by atoms with Crippen molar-refractivity contribution in [3.05, 3.63) is 83.1 Å². The van der Waals surface area contributed by atoms with E-state index in [9.17, 15) is 0 Å². The van der Waals surface area contributed by atoms with Gasteiger partial charge in [-0.1, -0.05) is 73.0 Å². The van der Waals surface area contributed by atoms with E-state index in [1.807, 2.05) is 0 Å². The van der Waals surface area contributed by atoms with E-state index in [2.05, 4.69) is 67.7 Å².